The van der Waals surface area contributed by atoms with Crippen molar-refractivity contribution in [2.45, 2.75) is 13.5 Å². The van der Waals surface area contributed by atoms with Gasteiger partial charge in [-0.05, 0) is 24.6 Å². The largest absolute Gasteiger partial charge is 0.392 e. The molecule has 0 atom stereocenters. The molecule has 0 aliphatic carbocycles. The molecule has 4 nitrogen and oxygen atoms in total. The summed E-state index contributed by atoms with van der Waals surface area (Å²) >= 11 is 6.29. The Balaban J connectivity index is 2.29. The highest BCUT2D eigenvalue weighted by molar-refractivity contribution is 7.80. The van der Waals surface area contributed by atoms with E-state index < -0.39 is 0 Å². The molecule has 0 aliphatic rings. The van der Waals surface area contributed by atoms with Crippen LogP contribution in [0.4, 0.5) is 4.39 Å². The van der Waals surface area contributed by atoms with Gasteiger partial charge >= 0.3 is 0 Å². The van der Waals surface area contributed by atoms with Gasteiger partial charge in [-0.3, -0.25) is 9.36 Å². The summed E-state index contributed by atoms with van der Waals surface area (Å²) in [6.07, 6.45) is 1.45. The van der Waals surface area contributed by atoms with Gasteiger partial charge in [0.05, 0.1) is 23.2 Å². The number of halogens is 1. The summed E-state index contributed by atoms with van der Waals surface area (Å²) in [4.78, 5) is 18.8. The van der Waals surface area contributed by atoms with Crippen molar-refractivity contribution in [2.75, 3.05) is 0 Å². The fourth-order valence-corrected chi connectivity index (χ4v) is 3.52. The molecule has 112 valence electrons. The molecule has 0 aliphatic heterocycles. The van der Waals surface area contributed by atoms with E-state index in [4.69, 9.17) is 18.0 Å². The smallest absolute Gasteiger partial charge is 0.263 e. The Labute approximate surface area is 135 Å². The van der Waals surface area contributed by atoms with Gasteiger partial charge in [0.15, 0.2) is 0 Å². The van der Waals surface area contributed by atoms with E-state index in [1.165, 1.54) is 34.4 Å². The first-order chi connectivity index (χ1) is 10.5. The fourth-order valence-electron chi connectivity index (χ4n) is 2.38. The van der Waals surface area contributed by atoms with Crippen LogP contribution in [0.15, 0.2) is 35.4 Å². The van der Waals surface area contributed by atoms with E-state index in [9.17, 15) is 9.18 Å². The Kier molecular flexibility index (Phi) is 3.76. The van der Waals surface area contributed by atoms with E-state index in [1.54, 1.807) is 12.1 Å². The summed E-state index contributed by atoms with van der Waals surface area (Å²) in [7, 11) is 0. The molecule has 0 fully saturated rings. The van der Waals surface area contributed by atoms with Gasteiger partial charge in [0.25, 0.3) is 5.56 Å². The highest BCUT2D eigenvalue weighted by Crippen LogP contribution is 2.35. The Morgan fingerprint density at radius 2 is 2.09 bits per heavy atom. The lowest BCUT2D eigenvalue weighted by Gasteiger charge is -2.05. The molecule has 0 amide bonds. The van der Waals surface area contributed by atoms with E-state index in [1.807, 2.05) is 6.92 Å². The monoisotopic (exact) mass is 333 g/mol. The first kappa shape index (κ1) is 14.8. The molecule has 0 saturated carbocycles. The predicted octanol–water partition coefficient (Wildman–Crippen LogP) is 2.86. The van der Waals surface area contributed by atoms with Gasteiger partial charge < -0.3 is 5.73 Å². The molecule has 1 aromatic carbocycles. The third-order valence-corrected chi connectivity index (χ3v) is 4.46. The zero-order valence-electron chi connectivity index (χ0n) is 11.7. The van der Waals surface area contributed by atoms with Crippen molar-refractivity contribution in [3.63, 3.8) is 0 Å². The summed E-state index contributed by atoms with van der Waals surface area (Å²) < 4.78 is 14.5. The van der Waals surface area contributed by atoms with Crippen LogP contribution in [0.25, 0.3) is 21.3 Å². The average Bonchev–Trinajstić information content (AvgIpc) is 2.80. The number of thiocarbonyl (C=S) groups is 1. The molecule has 0 radical (unpaired) electrons. The summed E-state index contributed by atoms with van der Waals surface area (Å²) in [5, 5.41) is 0.521. The number of nitrogens with two attached hydrogens (primary N) is 1. The van der Waals surface area contributed by atoms with Crippen LogP contribution in [0, 0.1) is 12.7 Å². The zero-order valence-corrected chi connectivity index (χ0v) is 13.3. The van der Waals surface area contributed by atoms with Crippen LogP contribution < -0.4 is 11.3 Å². The van der Waals surface area contributed by atoms with Gasteiger partial charge in [-0.25, -0.2) is 9.37 Å². The zero-order chi connectivity index (χ0) is 15.9. The third-order valence-electron chi connectivity index (χ3n) is 3.31. The molecular formula is C15H12FN3OS2. The van der Waals surface area contributed by atoms with Crippen molar-refractivity contribution in [3.8, 4) is 11.1 Å². The van der Waals surface area contributed by atoms with Crippen molar-refractivity contribution < 1.29 is 4.39 Å². The van der Waals surface area contributed by atoms with Crippen LogP contribution in [0.2, 0.25) is 0 Å². The van der Waals surface area contributed by atoms with E-state index >= 15 is 0 Å². The second-order valence-corrected chi connectivity index (χ2v) is 6.59. The number of benzene rings is 1. The number of aryl methyl sites for hydroxylation is 1. The molecule has 22 heavy (non-hydrogen) atoms. The second-order valence-electron chi connectivity index (χ2n) is 4.86. The lowest BCUT2D eigenvalue weighted by Crippen LogP contribution is -2.27. The van der Waals surface area contributed by atoms with Crippen LogP contribution >= 0.6 is 23.6 Å². The number of thiophene rings is 1. The third kappa shape index (κ3) is 2.53. The molecule has 3 aromatic rings. The van der Waals surface area contributed by atoms with Crippen molar-refractivity contribution in [3.05, 3.63) is 51.6 Å². The number of rotatable bonds is 3. The Hall–Kier alpha value is -2.12. The van der Waals surface area contributed by atoms with Gasteiger partial charge in [-0.1, -0.05) is 24.4 Å². The van der Waals surface area contributed by atoms with Crippen molar-refractivity contribution in [2.24, 2.45) is 5.73 Å². The number of fused-ring (bicyclic) bond motifs is 1. The lowest BCUT2D eigenvalue weighted by molar-refractivity contribution is 0.628. The van der Waals surface area contributed by atoms with Gasteiger partial charge in [0.1, 0.15) is 10.6 Å². The molecule has 2 N–H and O–H groups in total. The first-order valence-corrected chi connectivity index (χ1v) is 7.72. The molecule has 7 heteroatoms. The minimum Gasteiger partial charge on any atom is -0.392 e. The highest BCUT2D eigenvalue weighted by atomic mass is 32.1. The maximum Gasteiger partial charge on any atom is 0.263 e. The molecule has 0 bridgehead atoms. The molecule has 0 unspecified atom stereocenters. The van der Waals surface area contributed by atoms with Crippen molar-refractivity contribution in [1.82, 2.24) is 9.55 Å². The molecule has 0 saturated heterocycles. The van der Waals surface area contributed by atoms with E-state index in [2.05, 4.69) is 4.98 Å². The van der Waals surface area contributed by atoms with Crippen molar-refractivity contribution in [1.29, 1.82) is 0 Å². The Morgan fingerprint density at radius 1 is 1.41 bits per heavy atom. The maximum absolute atomic E-state index is 13.1. The SMILES string of the molecule is Cc1sc2ncn(CC(N)=S)c(=O)c2c1-c1ccc(F)cc1. The van der Waals surface area contributed by atoms with Crippen LogP contribution in [-0.4, -0.2) is 14.5 Å². The highest BCUT2D eigenvalue weighted by Gasteiger charge is 2.17. The maximum atomic E-state index is 13.1. The average molecular weight is 333 g/mol. The Morgan fingerprint density at radius 3 is 2.73 bits per heavy atom. The van der Waals surface area contributed by atoms with Gasteiger partial charge in [0, 0.05) is 10.4 Å². The van der Waals surface area contributed by atoms with Crippen LogP contribution in [0.3, 0.4) is 0 Å². The fraction of sp³-hybridized carbons (Fsp3) is 0.133. The standard InChI is InChI=1S/C15H12FN3OS2/c1-8-12(9-2-4-10(16)5-3-9)13-14(22-8)18-7-19(15(13)20)6-11(17)21/h2-5,7H,6H2,1H3,(H2,17,21). The molecule has 2 heterocycles. The summed E-state index contributed by atoms with van der Waals surface area (Å²) in [5.74, 6) is -0.315. The summed E-state index contributed by atoms with van der Waals surface area (Å²) in [6, 6.07) is 6.08. The quantitative estimate of drug-likeness (QED) is 0.749. The summed E-state index contributed by atoms with van der Waals surface area (Å²) in [6.45, 7) is 2.07. The number of hydrogen-bond acceptors (Lipinski definition) is 4. The van der Waals surface area contributed by atoms with Crippen LogP contribution in [-0.2, 0) is 6.54 Å². The predicted molar refractivity (Wildman–Crippen MR) is 90.8 cm³/mol. The molecule has 2 aromatic heterocycles. The van der Waals surface area contributed by atoms with E-state index in [0.29, 0.717) is 10.2 Å². The normalized spacial score (nSPS) is 11.0. The van der Waals surface area contributed by atoms with Crippen LogP contribution in [0.1, 0.15) is 4.88 Å². The minimum absolute atomic E-state index is 0.148. The molecular weight excluding hydrogens is 321 g/mol. The van der Waals surface area contributed by atoms with Gasteiger partial charge in [0.2, 0.25) is 0 Å². The summed E-state index contributed by atoms with van der Waals surface area (Å²) in [5.41, 5.74) is 6.90. The first-order valence-electron chi connectivity index (χ1n) is 6.50. The number of nitrogens with zero attached hydrogens (tertiary/aromatic N) is 2. The van der Waals surface area contributed by atoms with Crippen LogP contribution in [0.5, 0.6) is 0 Å². The van der Waals surface area contributed by atoms with E-state index in [-0.39, 0.29) is 22.9 Å². The molecule has 3 rings (SSSR count). The van der Waals surface area contributed by atoms with Crippen molar-refractivity contribution >= 4 is 38.8 Å². The topological polar surface area (TPSA) is 60.9 Å². The lowest BCUT2D eigenvalue weighted by atomic mass is 10.0. The second kappa shape index (κ2) is 5.58. The van der Waals surface area contributed by atoms with Gasteiger partial charge in [-0.15, -0.1) is 11.3 Å². The number of hydrogen-bond donors (Lipinski definition) is 1. The molecule has 0 spiro atoms. The van der Waals surface area contributed by atoms with E-state index in [0.717, 1.165) is 16.0 Å². The Bertz CT molecular complexity index is 928. The number of aromatic nitrogens is 2. The minimum atomic E-state index is -0.315. The van der Waals surface area contributed by atoms with Gasteiger partial charge in [-0.2, -0.15) is 0 Å².